The number of carbonyl (C=O) groups excluding carboxylic acids is 1. The number of nitrogens with one attached hydrogen (secondary N) is 1. The molecule has 1 amide bonds. The minimum Gasteiger partial charge on any atom is -0.494 e. The summed E-state index contributed by atoms with van der Waals surface area (Å²) in [5.74, 6) is 0.540. The molecule has 10 heteroatoms. The number of hydrogen-bond donors (Lipinski definition) is 2. The number of ether oxygens (including phenoxy) is 2. The Morgan fingerprint density at radius 3 is 2.58 bits per heavy atom. The van der Waals surface area contributed by atoms with Gasteiger partial charge >= 0.3 is 0 Å². The van der Waals surface area contributed by atoms with Gasteiger partial charge in [-0.25, -0.2) is 0 Å². The Labute approximate surface area is 183 Å². The van der Waals surface area contributed by atoms with E-state index in [9.17, 15) is 9.90 Å². The van der Waals surface area contributed by atoms with E-state index in [1.807, 2.05) is 26.0 Å². The average molecular weight is 442 g/mol. The topological polar surface area (TPSA) is 119 Å². The third kappa shape index (κ3) is 4.80. The molecule has 162 valence electrons. The van der Waals surface area contributed by atoms with Gasteiger partial charge in [-0.2, -0.15) is 0 Å². The summed E-state index contributed by atoms with van der Waals surface area (Å²) in [5.41, 5.74) is 3.42. The molecule has 1 aliphatic rings. The molecule has 0 unspecified atom stereocenters. The van der Waals surface area contributed by atoms with Gasteiger partial charge in [0.1, 0.15) is 5.75 Å². The van der Waals surface area contributed by atoms with Crippen molar-refractivity contribution in [1.29, 1.82) is 0 Å². The molecule has 0 bridgehead atoms. The predicted octanol–water partition coefficient (Wildman–Crippen LogP) is 3.02. The normalized spacial score (nSPS) is 17.7. The lowest BCUT2D eigenvalue weighted by Gasteiger charge is -2.30. The highest BCUT2D eigenvalue weighted by atomic mass is 32.1. The van der Waals surface area contributed by atoms with Gasteiger partial charge in [-0.05, 0) is 56.1 Å². The second-order valence-electron chi connectivity index (χ2n) is 7.53. The molecule has 0 aromatic carbocycles. The maximum Gasteiger partial charge on any atom is 0.295 e. The Morgan fingerprint density at radius 2 is 1.87 bits per heavy atom. The Hall–Kier alpha value is -3.11. The lowest BCUT2D eigenvalue weighted by atomic mass is 9.83. The molecule has 3 heterocycles. The first-order valence-corrected chi connectivity index (χ1v) is 10.7. The van der Waals surface area contributed by atoms with Gasteiger partial charge in [-0.3, -0.25) is 20.1 Å². The molecular weight excluding hydrogens is 418 g/mol. The van der Waals surface area contributed by atoms with E-state index in [-0.39, 0.29) is 12.0 Å². The van der Waals surface area contributed by atoms with Gasteiger partial charge in [-0.1, -0.05) is 5.10 Å². The van der Waals surface area contributed by atoms with Crippen LogP contribution in [0.1, 0.15) is 34.6 Å². The number of hydrogen-bond acceptors (Lipinski definition) is 9. The maximum absolute atomic E-state index is 13.0. The first-order chi connectivity index (χ1) is 14.9. The van der Waals surface area contributed by atoms with Crippen molar-refractivity contribution in [3.05, 3.63) is 41.5 Å². The van der Waals surface area contributed by atoms with Crippen LogP contribution in [0.4, 0.5) is 5.13 Å². The smallest absolute Gasteiger partial charge is 0.295 e. The number of nitrogens with zero attached hydrogens (tertiary/aromatic N) is 4. The summed E-state index contributed by atoms with van der Waals surface area (Å²) in [4.78, 5) is 21.6. The Bertz CT molecular complexity index is 1100. The zero-order valence-corrected chi connectivity index (χ0v) is 18.3. The molecule has 1 saturated carbocycles. The number of rotatable bonds is 7. The van der Waals surface area contributed by atoms with Crippen LogP contribution in [0.3, 0.4) is 0 Å². The highest BCUT2D eigenvalue weighted by molar-refractivity contribution is 7.17. The van der Waals surface area contributed by atoms with Crippen molar-refractivity contribution >= 4 is 22.4 Å². The van der Waals surface area contributed by atoms with E-state index in [1.165, 1.54) is 6.20 Å². The summed E-state index contributed by atoms with van der Waals surface area (Å²) < 4.78 is 11.1. The average Bonchev–Trinajstić information content (AvgIpc) is 3.17. The second-order valence-corrected chi connectivity index (χ2v) is 8.47. The summed E-state index contributed by atoms with van der Waals surface area (Å²) in [6.45, 7) is 4.22. The molecule has 1 fully saturated rings. The van der Waals surface area contributed by atoms with E-state index >= 15 is 0 Å². The van der Waals surface area contributed by atoms with Crippen LogP contribution >= 0.6 is 11.3 Å². The SMILES string of the molecule is COc1cnc(C)cc1-c1cc(C)ncc1C(=O)Nc1nnc(OC[C@H]2C[C@H](O)C2)s1. The van der Waals surface area contributed by atoms with Crippen LogP contribution in [0.5, 0.6) is 10.9 Å². The van der Waals surface area contributed by atoms with Gasteiger partial charge in [0.15, 0.2) is 0 Å². The standard InChI is InChI=1S/C21H23N5O4S/c1-11-4-15(16-5-12(2)23-9-18(16)29-3)17(8-22-11)19(28)24-20-25-26-21(31-20)30-10-13-6-14(27)7-13/h4-5,8-9,13-14,27H,6-7,10H2,1-3H3,(H,24,25,28)/t13-,14-. The third-order valence-corrected chi connectivity index (χ3v) is 5.83. The fourth-order valence-electron chi connectivity index (χ4n) is 3.39. The number of carbonyl (C=O) groups is 1. The molecule has 2 N–H and O–H groups in total. The molecule has 4 rings (SSSR count). The summed E-state index contributed by atoms with van der Waals surface area (Å²) in [6, 6.07) is 3.71. The molecule has 1 aliphatic carbocycles. The number of aryl methyl sites for hydroxylation is 2. The minimum atomic E-state index is -0.358. The van der Waals surface area contributed by atoms with Crippen molar-refractivity contribution in [2.75, 3.05) is 19.0 Å². The first-order valence-electron chi connectivity index (χ1n) is 9.86. The largest absolute Gasteiger partial charge is 0.494 e. The van der Waals surface area contributed by atoms with Crippen LogP contribution in [0, 0.1) is 19.8 Å². The number of anilines is 1. The van der Waals surface area contributed by atoms with Gasteiger partial charge < -0.3 is 14.6 Å². The van der Waals surface area contributed by atoms with Crippen molar-refractivity contribution in [2.45, 2.75) is 32.8 Å². The Kier molecular flexibility index (Phi) is 6.10. The molecule has 0 aliphatic heterocycles. The lowest BCUT2D eigenvalue weighted by Crippen LogP contribution is -2.32. The highest BCUT2D eigenvalue weighted by Crippen LogP contribution is 2.34. The summed E-state index contributed by atoms with van der Waals surface area (Å²) in [5, 5.41) is 20.8. The van der Waals surface area contributed by atoms with Crippen LogP contribution in [-0.4, -0.2) is 51.0 Å². The zero-order chi connectivity index (χ0) is 22.0. The minimum absolute atomic E-state index is 0.224. The number of methoxy groups -OCH3 is 1. The van der Waals surface area contributed by atoms with E-state index in [4.69, 9.17) is 9.47 Å². The monoisotopic (exact) mass is 441 g/mol. The zero-order valence-electron chi connectivity index (χ0n) is 17.5. The quantitative estimate of drug-likeness (QED) is 0.574. The molecule has 9 nitrogen and oxygen atoms in total. The van der Waals surface area contributed by atoms with Gasteiger partial charge in [0.05, 0.1) is 31.6 Å². The van der Waals surface area contributed by atoms with E-state index in [0.717, 1.165) is 41.1 Å². The van der Waals surface area contributed by atoms with Crippen molar-refractivity contribution in [3.8, 4) is 22.1 Å². The first kappa shape index (κ1) is 21.1. The molecule has 3 aromatic heterocycles. The van der Waals surface area contributed by atoms with Crippen LogP contribution in [0.2, 0.25) is 0 Å². The fraction of sp³-hybridized carbons (Fsp3) is 0.381. The van der Waals surface area contributed by atoms with Gasteiger partial charge in [0, 0.05) is 28.7 Å². The van der Waals surface area contributed by atoms with E-state index < -0.39 is 0 Å². The number of aromatic nitrogens is 4. The summed E-state index contributed by atoms with van der Waals surface area (Å²) >= 11 is 1.15. The van der Waals surface area contributed by atoms with Gasteiger partial charge in [0.25, 0.3) is 11.1 Å². The van der Waals surface area contributed by atoms with Crippen LogP contribution < -0.4 is 14.8 Å². The van der Waals surface area contributed by atoms with Crippen molar-refractivity contribution < 1.29 is 19.4 Å². The Morgan fingerprint density at radius 1 is 1.16 bits per heavy atom. The van der Waals surface area contributed by atoms with E-state index in [1.54, 1.807) is 13.3 Å². The summed E-state index contributed by atoms with van der Waals surface area (Å²) in [6.07, 6.45) is 4.43. The molecule has 31 heavy (non-hydrogen) atoms. The van der Waals surface area contributed by atoms with Crippen LogP contribution in [0.25, 0.3) is 11.1 Å². The predicted molar refractivity (Wildman–Crippen MR) is 116 cm³/mol. The van der Waals surface area contributed by atoms with Gasteiger partial charge in [0.2, 0.25) is 5.13 Å². The maximum atomic E-state index is 13.0. The van der Waals surface area contributed by atoms with E-state index in [0.29, 0.717) is 39.7 Å². The van der Waals surface area contributed by atoms with Crippen molar-refractivity contribution in [1.82, 2.24) is 20.2 Å². The molecule has 0 radical (unpaired) electrons. The number of aliphatic hydroxyl groups excluding tert-OH is 1. The Balaban J connectivity index is 1.53. The molecular formula is C21H23N5O4S. The number of amides is 1. The summed E-state index contributed by atoms with van der Waals surface area (Å²) in [7, 11) is 1.57. The highest BCUT2D eigenvalue weighted by Gasteiger charge is 2.28. The van der Waals surface area contributed by atoms with Crippen molar-refractivity contribution in [2.24, 2.45) is 5.92 Å². The van der Waals surface area contributed by atoms with Crippen molar-refractivity contribution in [3.63, 3.8) is 0 Å². The lowest BCUT2D eigenvalue weighted by molar-refractivity contribution is 0.0201. The fourth-order valence-corrected chi connectivity index (χ4v) is 3.99. The molecule has 3 aromatic rings. The van der Waals surface area contributed by atoms with Gasteiger partial charge in [-0.15, -0.1) is 5.10 Å². The number of pyridine rings is 2. The van der Waals surface area contributed by atoms with Crippen LogP contribution in [0.15, 0.2) is 24.5 Å². The molecule has 0 saturated heterocycles. The number of aliphatic hydroxyl groups is 1. The van der Waals surface area contributed by atoms with Crippen LogP contribution in [-0.2, 0) is 0 Å². The second kappa shape index (κ2) is 8.94. The molecule has 0 atom stereocenters. The third-order valence-electron chi connectivity index (χ3n) is 5.08. The van der Waals surface area contributed by atoms with E-state index in [2.05, 4.69) is 25.5 Å². The molecule has 0 spiro atoms.